The SMILES string of the molecule is CCN(CC)c1ccc(NC(=O)c2ccc(NCc3ccco3)nn2)cc1. The number of hydrogen-bond donors (Lipinski definition) is 2. The van der Waals surface area contributed by atoms with Crippen molar-refractivity contribution < 1.29 is 9.21 Å². The lowest BCUT2D eigenvalue weighted by Crippen LogP contribution is -2.21. The molecular formula is C20H23N5O2. The lowest BCUT2D eigenvalue weighted by atomic mass is 10.2. The van der Waals surface area contributed by atoms with Gasteiger partial charge in [-0.15, -0.1) is 10.2 Å². The van der Waals surface area contributed by atoms with Crippen molar-refractivity contribution in [3.8, 4) is 0 Å². The van der Waals surface area contributed by atoms with Crippen LogP contribution in [0.4, 0.5) is 17.2 Å². The van der Waals surface area contributed by atoms with Crippen molar-refractivity contribution in [2.45, 2.75) is 20.4 Å². The predicted molar refractivity (Wildman–Crippen MR) is 106 cm³/mol. The van der Waals surface area contributed by atoms with Gasteiger partial charge in [-0.05, 0) is 62.4 Å². The van der Waals surface area contributed by atoms with Crippen molar-refractivity contribution in [2.24, 2.45) is 0 Å². The van der Waals surface area contributed by atoms with Crippen molar-refractivity contribution >= 4 is 23.1 Å². The molecule has 7 heteroatoms. The van der Waals surface area contributed by atoms with E-state index < -0.39 is 0 Å². The van der Waals surface area contributed by atoms with E-state index in [-0.39, 0.29) is 11.6 Å². The number of carbonyl (C=O) groups is 1. The molecule has 0 saturated heterocycles. The number of hydrogen-bond acceptors (Lipinski definition) is 6. The van der Waals surface area contributed by atoms with Gasteiger partial charge in [-0.3, -0.25) is 4.79 Å². The number of furan rings is 1. The maximum Gasteiger partial charge on any atom is 0.276 e. The normalized spacial score (nSPS) is 10.4. The number of anilines is 3. The van der Waals surface area contributed by atoms with Gasteiger partial charge in [0, 0.05) is 24.5 Å². The number of nitrogens with zero attached hydrogens (tertiary/aromatic N) is 3. The van der Waals surface area contributed by atoms with E-state index in [0.29, 0.717) is 12.4 Å². The zero-order valence-corrected chi connectivity index (χ0v) is 15.5. The molecule has 1 aromatic carbocycles. The molecule has 0 fully saturated rings. The number of carbonyl (C=O) groups excluding carboxylic acids is 1. The Morgan fingerprint density at radius 3 is 2.41 bits per heavy atom. The molecule has 0 saturated carbocycles. The van der Waals surface area contributed by atoms with Gasteiger partial charge < -0.3 is 20.0 Å². The van der Waals surface area contributed by atoms with Crippen LogP contribution in [0, 0.1) is 0 Å². The third-order valence-electron chi connectivity index (χ3n) is 4.17. The fourth-order valence-electron chi connectivity index (χ4n) is 2.68. The fraction of sp³-hybridized carbons (Fsp3) is 0.250. The molecule has 0 unspecified atom stereocenters. The lowest BCUT2D eigenvalue weighted by Gasteiger charge is -2.21. The highest BCUT2D eigenvalue weighted by atomic mass is 16.3. The third kappa shape index (κ3) is 4.84. The van der Waals surface area contributed by atoms with Crippen LogP contribution in [-0.4, -0.2) is 29.2 Å². The first-order chi connectivity index (χ1) is 13.2. The smallest absolute Gasteiger partial charge is 0.276 e. The minimum Gasteiger partial charge on any atom is -0.467 e. The quantitative estimate of drug-likeness (QED) is 0.632. The minimum atomic E-state index is -0.296. The molecule has 27 heavy (non-hydrogen) atoms. The third-order valence-corrected chi connectivity index (χ3v) is 4.17. The van der Waals surface area contributed by atoms with Gasteiger partial charge >= 0.3 is 0 Å². The number of benzene rings is 1. The Morgan fingerprint density at radius 2 is 1.81 bits per heavy atom. The van der Waals surface area contributed by atoms with Crippen molar-refractivity contribution in [1.29, 1.82) is 0 Å². The van der Waals surface area contributed by atoms with E-state index in [1.807, 2.05) is 36.4 Å². The van der Waals surface area contributed by atoms with Gasteiger partial charge in [0.2, 0.25) is 0 Å². The first-order valence-corrected chi connectivity index (χ1v) is 8.96. The highest BCUT2D eigenvalue weighted by molar-refractivity contribution is 6.02. The zero-order chi connectivity index (χ0) is 19.1. The zero-order valence-electron chi connectivity index (χ0n) is 15.5. The number of nitrogens with one attached hydrogen (secondary N) is 2. The Labute approximate surface area is 158 Å². The van der Waals surface area contributed by atoms with Gasteiger partial charge in [-0.1, -0.05) is 0 Å². The largest absolute Gasteiger partial charge is 0.467 e. The molecule has 140 valence electrons. The van der Waals surface area contributed by atoms with Crippen LogP contribution in [0.5, 0.6) is 0 Å². The molecule has 0 spiro atoms. The highest BCUT2D eigenvalue weighted by Crippen LogP contribution is 2.18. The van der Waals surface area contributed by atoms with E-state index in [4.69, 9.17) is 4.42 Å². The summed E-state index contributed by atoms with van der Waals surface area (Å²) in [5.41, 5.74) is 2.11. The van der Waals surface area contributed by atoms with Crippen LogP contribution in [0.25, 0.3) is 0 Å². The fourth-order valence-corrected chi connectivity index (χ4v) is 2.68. The summed E-state index contributed by atoms with van der Waals surface area (Å²) >= 11 is 0. The average molecular weight is 365 g/mol. The molecule has 0 aliphatic rings. The van der Waals surface area contributed by atoms with Crippen LogP contribution >= 0.6 is 0 Å². The van der Waals surface area contributed by atoms with Crippen molar-refractivity contribution in [3.63, 3.8) is 0 Å². The van der Waals surface area contributed by atoms with Crippen LogP contribution < -0.4 is 15.5 Å². The first-order valence-electron chi connectivity index (χ1n) is 8.96. The van der Waals surface area contributed by atoms with Gasteiger partial charge in [0.15, 0.2) is 5.69 Å². The molecule has 3 rings (SSSR count). The first kappa shape index (κ1) is 18.4. The highest BCUT2D eigenvalue weighted by Gasteiger charge is 2.09. The van der Waals surface area contributed by atoms with E-state index in [9.17, 15) is 4.79 Å². The van der Waals surface area contributed by atoms with Crippen molar-refractivity contribution in [1.82, 2.24) is 10.2 Å². The molecule has 1 amide bonds. The molecule has 0 bridgehead atoms. The molecule has 2 heterocycles. The maximum absolute atomic E-state index is 12.3. The summed E-state index contributed by atoms with van der Waals surface area (Å²) in [4.78, 5) is 14.6. The van der Waals surface area contributed by atoms with Crippen LogP contribution in [0.15, 0.2) is 59.2 Å². The van der Waals surface area contributed by atoms with Crippen molar-refractivity contribution in [2.75, 3.05) is 28.6 Å². The Kier molecular flexibility index (Phi) is 6.04. The van der Waals surface area contributed by atoms with E-state index in [2.05, 4.69) is 39.6 Å². The Hall–Kier alpha value is -3.35. The number of amides is 1. The van der Waals surface area contributed by atoms with Gasteiger partial charge in [0.05, 0.1) is 12.8 Å². The summed E-state index contributed by atoms with van der Waals surface area (Å²) in [7, 11) is 0. The second kappa shape index (κ2) is 8.84. The van der Waals surface area contributed by atoms with Crippen LogP contribution in [0.3, 0.4) is 0 Å². The summed E-state index contributed by atoms with van der Waals surface area (Å²) < 4.78 is 5.24. The van der Waals surface area contributed by atoms with E-state index in [1.54, 1.807) is 18.4 Å². The Balaban J connectivity index is 1.57. The van der Waals surface area contributed by atoms with Gasteiger partial charge in [0.25, 0.3) is 5.91 Å². The van der Waals surface area contributed by atoms with Gasteiger partial charge in [-0.2, -0.15) is 0 Å². The number of aromatic nitrogens is 2. The molecule has 2 N–H and O–H groups in total. The Morgan fingerprint density at radius 1 is 1.04 bits per heavy atom. The molecule has 3 aromatic rings. The maximum atomic E-state index is 12.3. The van der Waals surface area contributed by atoms with E-state index in [0.717, 1.165) is 30.2 Å². The van der Waals surface area contributed by atoms with Gasteiger partial charge in [0.1, 0.15) is 11.6 Å². The molecular weight excluding hydrogens is 342 g/mol. The van der Waals surface area contributed by atoms with Crippen LogP contribution in [0.2, 0.25) is 0 Å². The summed E-state index contributed by atoms with van der Waals surface area (Å²) in [6.07, 6.45) is 1.62. The standard InChI is InChI=1S/C20H23N5O2/c1-3-25(4-2)16-9-7-15(8-10-16)22-20(26)18-11-12-19(24-23-18)21-14-17-6-5-13-27-17/h5-13H,3-4,14H2,1-2H3,(H,21,24)(H,22,26). The molecule has 7 nitrogen and oxygen atoms in total. The molecule has 0 aliphatic heterocycles. The molecule has 0 atom stereocenters. The Bertz CT molecular complexity index is 841. The summed E-state index contributed by atoms with van der Waals surface area (Å²) in [6.45, 7) is 6.62. The topological polar surface area (TPSA) is 83.3 Å². The predicted octanol–water partition coefficient (Wildman–Crippen LogP) is 3.78. The van der Waals surface area contributed by atoms with Crippen LogP contribution in [0.1, 0.15) is 30.1 Å². The van der Waals surface area contributed by atoms with Crippen LogP contribution in [-0.2, 0) is 6.54 Å². The molecule has 2 aromatic heterocycles. The summed E-state index contributed by atoms with van der Waals surface area (Å²) in [5, 5.41) is 13.9. The second-order valence-electron chi connectivity index (χ2n) is 5.91. The molecule has 0 aliphatic carbocycles. The van der Waals surface area contributed by atoms with Crippen molar-refractivity contribution in [3.05, 3.63) is 66.2 Å². The lowest BCUT2D eigenvalue weighted by molar-refractivity contribution is 0.102. The average Bonchev–Trinajstić information content (AvgIpc) is 3.22. The number of rotatable bonds is 8. The second-order valence-corrected chi connectivity index (χ2v) is 5.91. The van der Waals surface area contributed by atoms with E-state index >= 15 is 0 Å². The summed E-state index contributed by atoms with van der Waals surface area (Å²) in [5.74, 6) is 1.08. The van der Waals surface area contributed by atoms with Gasteiger partial charge in [-0.25, -0.2) is 0 Å². The minimum absolute atomic E-state index is 0.256. The van der Waals surface area contributed by atoms with E-state index in [1.165, 1.54) is 0 Å². The molecule has 0 radical (unpaired) electrons. The monoisotopic (exact) mass is 365 g/mol. The summed E-state index contributed by atoms with van der Waals surface area (Å²) in [6, 6.07) is 14.8.